The van der Waals surface area contributed by atoms with E-state index in [0.717, 1.165) is 31.7 Å². The number of hydrogen-bond donors (Lipinski definition) is 2. The lowest BCUT2D eigenvalue weighted by atomic mass is 9.67. The van der Waals surface area contributed by atoms with E-state index in [0.29, 0.717) is 17.3 Å². The predicted molar refractivity (Wildman–Crippen MR) is 98.0 cm³/mol. The summed E-state index contributed by atoms with van der Waals surface area (Å²) in [7, 11) is 1.76. The van der Waals surface area contributed by atoms with Crippen LogP contribution in [0.3, 0.4) is 0 Å². The summed E-state index contributed by atoms with van der Waals surface area (Å²) in [5.41, 5.74) is 8.72. The van der Waals surface area contributed by atoms with Gasteiger partial charge in [0.2, 0.25) is 0 Å². The van der Waals surface area contributed by atoms with Crippen LogP contribution in [0.25, 0.3) is 0 Å². The van der Waals surface area contributed by atoms with Gasteiger partial charge in [0.05, 0.1) is 0 Å². The number of benzene rings is 1. The first-order valence-electron chi connectivity index (χ1n) is 8.74. The fourth-order valence-corrected chi connectivity index (χ4v) is 3.05. The van der Waals surface area contributed by atoms with E-state index in [1.165, 1.54) is 24.8 Å². The summed E-state index contributed by atoms with van der Waals surface area (Å²) < 4.78 is 5.22. The molecule has 1 aromatic rings. The Hall–Kier alpha value is -1.55. The Morgan fingerprint density at radius 3 is 2.57 bits per heavy atom. The maximum absolute atomic E-state index is 6.05. The van der Waals surface area contributed by atoms with Gasteiger partial charge in [-0.2, -0.15) is 0 Å². The molecule has 1 aliphatic carbocycles. The Morgan fingerprint density at radius 1 is 1.35 bits per heavy atom. The molecule has 0 saturated heterocycles. The van der Waals surface area contributed by atoms with Gasteiger partial charge < -0.3 is 15.8 Å². The quantitative estimate of drug-likeness (QED) is 0.560. The summed E-state index contributed by atoms with van der Waals surface area (Å²) in [6.45, 7) is 6.05. The molecule has 1 aliphatic rings. The molecule has 0 radical (unpaired) electrons. The minimum Gasteiger partial charge on any atom is -0.385 e. The third kappa shape index (κ3) is 4.96. The van der Waals surface area contributed by atoms with Gasteiger partial charge in [0.15, 0.2) is 5.96 Å². The number of guanidine groups is 1. The van der Waals surface area contributed by atoms with Gasteiger partial charge >= 0.3 is 0 Å². The highest BCUT2D eigenvalue weighted by Crippen LogP contribution is 2.44. The number of anilines is 1. The van der Waals surface area contributed by atoms with Crippen LogP contribution in [0.15, 0.2) is 29.3 Å². The zero-order chi connectivity index (χ0) is 16.7. The maximum Gasteiger partial charge on any atom is 0.193 e. The number of rotatable bonds is 8. The number of ether oxygens (including phenoxy) is 1. The number of nitrogens with zero attached hydrogens (tertiary/aromatic N) is 1. The van der Waals surface area contributed by atoms with Gasteiger partial charge in [0, 0.05) is 25.9 Å². The highest BCUT2D eigenvalue weighted by Gasteiger charge is 2.36. The average molecular weight is 317 g/mol. The lowest BCUT2D eigenvalue weighted by Crippen LogP contribution is -2.35. The maximum atomic E-state index is 6.05. The Balaban J connectivity index is 1.89. The molecule has 128 valence electrons. The van der Waals surface area contributed by atoms with Crippen molar-refractivity contribution in [3.05, 3.63) is 29.8 Å². The van der Waals surface area contributed by atoms with E-state index < -0.39 is 0 Å². The normalized spacial score (nSPS) is 18.3. The van der Waals surface area contributed by atoms with Crippen LogP contribution in [0.1, 0.15) is 57.4 Å². The summed E-state index contributed by atoms with van der Waals surface area (Å²) in [5.74, 6) is 1.10. The molecule has 0 bridgehead atoms. The fourth-order valence-electron chi connectivity index (χ4n) is 3.05. The highest BCUT2D eigenvalue weighted by molar-refractivity contribution is 5.92. The molecule has 1 aromatic carbocycles. The molecule has 0 aliphatic heterocycles. The van der Waals surface area contributed by atoms with Gasteiger partial charge in [-0.05, 0) is 54.7 Å². The van der Waals surface area contributed by atoms with E-state index in [2.05, 4.69) is 48.4 Å². The molecular weight excluding hydrogens is 286 g/mol. The van der Waals surface area contributed by atoms with Crippen LogP contribution >= 0.6 is 0 Å². The van der Waals surface area contributed by atoms with Crippen molar-refractivity contribution in [3.8, 4) is 0 Å². The second kappa shape index (κ2) is 8.34. The fraction of sp³-hybridized carbons (Fsp3) is 0.632. The van der Waals surface area contributed by atoms with E-state index >= 15 is 0 Å². The van der Waals surface area contributed by atoms with Crippen LogP contribution in [0.2, 0.25) is 0 Å². The molecule has 0 amide bonds. The lowest BCUT2D eigenvalue weighted by Gasteiger charge is -2.40. The van der Waals surface area contributed by atoms with E-state index in [9.17, 15) is 0 Å². The van der Waals surface area contributed by atoms with Crippen LogP contribution in [-0.4, -0.2) is 26.2 Å². The zero-order valence-electron chi connectivity index (χ0n) is 14.8. The SMILES string of the molecule is CCC(C)c1ccc(NC(N)=NCC2(CCOC)CCC2)cc1. The highest BCUT2D eigenvalue weighted by atomic mass is 16.5. The topological polar surface area (TPSA) is 59.6 Å². The molecule has 3 N–H and O–H groups in total. The first-order valence-corrected chi connectivity index (χ1v) is 8.74. The molecule has 2 rings (SSSR count). The molecule has 0 heterocycles. The average Bonchev–Trinajstić information content (AvgIpc) is 2.53. The predicted octanol–water partition coefficient (Wildman–Crippen LogP) is 4.13. The number of methoxy groups -OCH3 is 1. The number of nitrogens with one attached hydrogen (secondary N) is 1. The third-order valence-electron chi connectivity index (χ3n) is 5.20. The number of nitrogens with two attached hydrogens (primary N) is 1. The van der Waals surface area contributed by atoms with Crippen molar-refractivity contribution in [2.24, 2.45) is 16.1 Å². The second-order valence-corrected chi connectivity index (χ2v) is 6.85. The van der Waals surface area contributed by atoms with Gasteiger partial charge in [-0.25, -0.2) is 0 Å². The van der Waals surface area contributed by atoms with Crippen molar-refractivity contribution in [1.82, 2.24) is 0 Å². The summed E-state index contributed by atoms with van der Waals surface area (Å²) in [6, 6.07) is 8.48. The van der Waals surface area contributed by atoms with Crippen molar-refractivity contribution in [2.75, 3.05) is 25.6 Å². The largest absolute Gasteiger partial charge is 0.385 e. The third-order valence-corrected chi connectivity index (χ3v) is 5.20. The first kappa shape index (κ1) is 17.8. The smallest absolute Gasteiger partial charge is 0.193 e. The molecule has 1 fully saturated rings. The van der Waals surface area contributed by atoms with Crippen LogP contribution in [0.4, 0.5) is 5.69 Å². The monoisotopic (exact) mass is 317 g/mol. The molecule has 1 saturated carbocycles. The molecule has 4 heteroatoms. The van der Waals surface area contributed by atoms with Crippen molar-refractivity contribution in [1.29, 1.82) is 0 Å². The first-order chi connectivity index (χ1) is 11.1. The Morgan fingerprint density at radius 2 is 2.04 bits per heavy atom. The molecule has 1 unspecified atom stereocenters. The Labute approximate surface area is 140 Å². The summed E-state index contributed by atoms with van der Waals surface area (Å²) in [4.78, 5) is 4.57. The van der Waals surface area contributed by atoms with Gasteiger partial charge in [0.1, 0.15) is 0 Å². The van der Waals surface area contributed by atoms with E-state index in [-0.39, 0.29) is 0 Å². The summed E-state index contributed by atoms with van der Waals surface area (Å²) in [6.07, 6.45) is 5.99. The summed E-state index contributed by atoms with van der Waals surface area (Å²) in [5, 5.41) is 3.20. The van der Waals surface area contributed by atoms with E-state index in [1.807, 2.05) is 0 Å². The van der Waals surface area contributed by atoms with Gasteiger partial charge in [-0.15, -0.1) is 0 Å². The molecule has 0 spiro atoms. The van der Waals surface area contributed by atoms with Gasteiger partial charge in [-0.1, -0.05) is 32.4 Å². The standard InChI is InChI=1S/C19H31N3O/c1-4-15(2)16-6-8-17(9-7-16)22-18(20)21-14-19(10-5-11-19)12-13-23-3/h6-9,15H,4-5,10-14H2,1-3H3,(H3,20,21,22). The van der Waals surface area contributed by atoms with E-state index in [1.54, 1.807) is 7.11 Å². The lowest BCUT2D eigenvalue weighted by molar-refractivity contribution is 0.0780. The van der Waals surface area contributed by atoms with Crippen molar-refractivity contribution in [3.63, 3.8) is 0 Å². The van der Waals surface area contributed by atoms with Crippen LogP contribution in [0.5, 0.6) is 0 Å². The molecule has 0 aromatic heterocycles. The minimum absolute atomic E-state index is 0.308. The molecule has 1 atom stereocenters. The molecule has 4 nitrogen and oxygen atoms in total. The summed E-state index contributed by atoms with van der Waals surface area (Å²) >= 11 is 0. The van der Waals surface area contributed by atoms with Crippen molar-refractivity contribution in [2.45, 2.75) is 51.9 Å². The van der Waals surface area contributed by atoms with Crippen molar-refractivity contribution >= 4 is 11.6 Å². The van der Waals surface area contributed by atoms with Crippen LogP contribution in [0, 0.1) is 5.41 Å². The van der Waals surface area contributed by atoms with Crippen LogP contribution < -0.4 is 11.1 Å². The molecular formula is C19H31N3O. The second-order valence-electron chi connectivity index (χ2n) is 6.85. The minimum atomic E-state index is 0.308. The number of aliphatic imine (C=N–C) groups is 1. The molecule has 23 heavy (non-hydrogen) atoms. The van der Waals surface area contributed by atoms with E-state index in [4.69, 9.17) is 10.5 Å². The van der Waals surface area contributed by atoms with Crippen LogP contribution in [-0.2, 0) is 4.74 Å². The number of hydrogen-bond acceptors (Lipinski definition) is 2. The zero-order valence-corrected chi connectivity index (χ0v) is 14.8. The Bertz CT molecular complexity index is 506. The van der Waals surface area contributed by atoms with Crippen molar-refractivity contribution < 1.29 is 4.74 Å². The van der Waals surface area contributed by atoms with Gasteiger partial charge in [0.25, 0.3) is 0 Å². The Kier molecular flexibility index (Phi) is 6.46. The van der Waals surface area contributed by atoms with Gasteiger partial charge in [-0.3, -0.25) is 4.99 Å².